The van der Waals surface area contributed by atoms with Crippen molar-refractivity contribution in [2.24, 2.45) is 0 Å². The van der Waals surface area contributed by atoms with E-state index < -0.39 is 5.97 Å². The Morgan fingerprint density at radius 3 is 2.87 bits per heavy atom. The summed E-state index contributed by atoms with van der Waals surface area (Å²) >= 11 is 0. The molecule has 0 aliphatic carbocycles. The average Bonchev–Trinajstić information content (AvgIpc) is 2.45. The van der Waals surface area contributed by atoms with Crippen molar-refractivity contribution in [1.82, 2.24) is 0 Å². The van der Waals surface area contributed by atoms with Gasteiger partial charge in [-0.25, -0.2) is 4.79 Å². The SMILES string of the molecule is Cc1oc(C(=O)O)cc1COC1COC1. The molecule has 0 spiro atoms. The third-order valence-electron chi connectivity index (χ3n) is 2.31. The average molecular weight is 212 g/mol. The normalized spacial score (nSPS) is 16.3. The summed E-state index contributed by atoms with van der Waals surface area (Å²) in [6.45, 7) is 3.32. The standard InChI is InChI=1S/C10H12O5/c1-6-7(2-9(15-6)10(11)12)3-14-8-4-13-5-8/h2,8H,3-5H2,1H3,(H,11,12). The summed E-state index contributed by atoms with van der Waals surface area (Å²) in [6, 6.07) is 1.50. The maximum Gasteiger partial charge on any atom is 0.371 e. The lowest BCUT2D eigenvalue weighted by atomic mass is 10.2. The Morgan fingerprint density at radius 2 is 2.40 bits per heavy atom. The molecule has 0 aromatic carbocycles. The molecule has 0 unspecified atom stereocenters. The molecule has 1 fully saturated rings. The van der Waals surface area contributed by atoms with Crippen LogP contribution in [-0.4, -0.2) is 30.4 Å². The summed E-state index contributed by atoms with van der Waals surface area (Å²) in [5, 5.41) is 8.70. The van der Waals surface area contributed by atoms with Gasteiger partial charge in [0.15, 0.2) is 0 Å². The van der Waals surface area contributed by atoms with Gasteiger partial charge in [0.05, 0.1) is 19.8 Å². The summed E-state index contributed by atoms with van der Waals surface area (Å²) in [7, 11) is 0. The fourth-order valence-corrected chi connectivity index (χ4v) is 1.29. The zero-order valence-corrected chi connectivity index (χ0v) is 8.36. The molecule has 5 nitrogen and oxygen atoms in total. The molecule has 82 valence electrons. The summed E-state index contributed by atoms with van der Waals surface area (Å²) in [5.74, 6) is -0.514. The third kappa shape index (κ3) is 2.19. The molecule has 2 heterocycles. The van der Waals surface area contributed by atoms with Gasteiger partial charge < -0.3 is 19.0 Å². The summed E-state index contributed by atoms with van der Waals surface area (Å²) < 4.78 is 15.5. The number of hydrogen-bond donors (Lipinski definition) is 1. The van der Waals surface area contributed by atoms with Gasteiger partial charge in [-0.15, -0.1) is 0 Å². The lowest BCUT2D eigenvalue weighted by Crippen LogP contribution is -2.35. The van der Waals surface area contributed by atoms with Gasteiger partial charge >= 0.3 is 5.97 Å². The summed E-state index contributed by atoms with van der Waals surface area (Å²) in [4.78, 5) is 10.6. The highest BCUT2D eigenvalue weighted by molar-refractivity contribution is 5.84. The van der Waals surface area contributed by atoms with E-state index in [1.807, 2.05) is 0 Å². The number of hydrogen-bond acceptors (Lipinski definition) is 4. The van der Waals surface area contributed by atoms with Gasteiger partial charge in [0, 0.05) is 5.56 Å². The number of ether oxygens (including phenoxy) is 2. The predicted molar refractivity (Wildman–Crippen MR) is 49.8 cm³/mol. The van der Waals surface area contributed by atoms with E-state index in [1.165, 1.54) is 6.07 Å². The fraction of sp³-hybridized carbons (Fsp3) is 0.500. The van der Waals surface area contributed by atoms with Gasteiger partial charge in [0.2, 0.25) is 5.76 Å². The Hall–Kier alpha value is -1.33. The van der Waals surface area contributed by atoms with Crippen LogP contribution < -0.4 is 0 Å². The second-order valence-electron chi connectivity index (χ2n) is 3.47. The highest BCUT2D eigenvalue weighted by atomic mass is 16.6. The summed E-state index contributed by atoms with van der Waals surface area (Å²) in [5.41, 5.74) is 0.777. The Morgan fingerprint density at radius 1 is 1.67 bits per heavy atom. The molecule has 15 heavy (non-hydrogen) atoms. The number of aryl methyl sites for hydroxylation is 1. The van der Waals surface area contributed by atoms with Crippen LogP contribution in [0.15, 0.2) is 10.5 Å². The second-order valence-corrected chi connectivity index (χ2v) is 3.47. The van der Waals surface area contributed by atoms with Crippen LogP contribution in [0, 0.1) is 6.92 Å². The molecule has 1 aliphatic heterocycles. The van der Waals surface area contributed by atoms with E-state index in [0.717, 1.165) is 5.56 Å². The van der Waals surface area contributed by atoms with E-state index in [4.69, 9.17) is 19.0 Å². The molecule has 1 aromatic rings. The van der Waals surface area contributed by atoms with Crippen molar-refractivity contribution in [1.29, 1.82) is 0 Å². The lowest BCUT2D eigenvalue weighted by Gasteiger charge is -2.25. The van der Waals surface area contributed by atoms with E-state index in [2.05, 4.69) is 0 Å². The van der Waals surface area contributed by atoms with E-state index in [9.17, 15) is 4.79 Å². The highest BCUT2D eigenvalue weighted by Gasteiger charge is 2.20. The van der Waals surface area contributed by atoms with Crippen LogP contribution in [0.2, 0.25) is 0 Å². The van der Waals surface area contributed by atoms with Crippen LogP contribution in [0.5, 0.6) is 0 Å². The van der Waals surface area contributed by atoms with Crippen molar-refractivity contribution in [2.45, 2.75) is 19.6 Å². The van der Waals surface area contributed by atoms with Crippen LogP contribution in [0.1, 0.15) is 21.9 Å². The van der Waals surface area contributed by atoms with Crippen molar-refractivity contribution in [3.8, 4) is 0 Å². The molecule has 1 N–H and O–H groups in total. The van der Waals surface area contributed by atoms with Crippen molar-refractivity contribution in [3.63, 3.8) is 0 Å². The maximum absolute atomic E-state index is 10.6. The van der Waals surface area contributed by atoms with Crippen LogP contribution in [0.3, 0.4) is 0 Å². The zero-order valence-electron chi connectivity index (χ0n) is 8.36. The first kappa shape index (κ1) is 10.2. The largest absolute Gasteiger partial charge is 0.475 e. The number of aromatic carboxylic acids is 1. The number of rotatable bonds is 4. The Bertz CT molecular complexity index is 364. The molecule has 0 atom stereocenters. The Labute approximate surface area is 86.6 Å². The molecule has 0 amide bonds. The number of carboxylic acid groups (broad SMARTS) is 1. The smallest absolute Gasteiger partial charge is 0.371 e. The van der Waals surface area contributed by atoms with Crippen molar-refractivity contribution < 1.29 is 23.8 Å². The molecular formula is C10H12O5. The Balaban J connectivity index is 1.97. The van der Waals surface area contributed by atoms with Gasteiger partial charge in [-0.2, -0.15) is 0 Å². The molecule has 2 rings (SSSR count). The van der Waals surface area contributed by atoms with Gasteiger partial charge in [-0.05, 0) is 13.0 Å². The minimum Gasteiger partial charge on any atom is -0.475 e. The molecule has 5 heteroatoms. The first-order valence-electron chi connectivity index (χ1n) is 4.69. The maximum atomic E-state index is 10.6. The molecular weight excluding hydrogens is 200 g/mol. The predicted octanol–water partition coefficient (Wildman–Crippen LogP) is 1.20. The first-order chi connectivity index (χ1) is 7.16. The van der Waals surface area contributed by atoms with Crippen LogP contribution in [0.25, 0.3) is 0 Å². The van der Waals surface area contributed by atoms with Gasteiger partial charge in [-0.3, -0.25) is 0 Å². The van der Waals surface area contributed by atoms with Gasteiger partial charge in [0.25, 0.3) is 0 Å². The highest BCUT2D eigenvalue weighted by Crippen LogP contribution is 2.17. The quantitative estimate of drug-likeness (QED) is 0.812. The van der Waals surface area contributed by atoms with E-state index >= 15 is 0 Å². The fourth-order valence-electron chi connectivity index (χ4n) is 1.29. The summed E-state index contributed by atoms with van der Waals surface area (Å²) in [6.07, 6.45) is 0.132. The molecule has 0 bridgehead atoms. The van der Waals surface area contributed by atoms with Crippen LogP contribution in [0.4, 0.5) is 0 Å². The molecule has 1 aliphatic rings. The molecule has 1 aromatic heterocycles. The zero-order chi connectivity index (χ0) is 10.8. The monoisotopic (exact) mass is 212 g/mol. The van der Waals surface area contributed by atoms with Gasteiger partial charge in [-0.1, -0.05) is 0 Å². The Kier molecular flexibility index (Phi) is 2.75. The molecule has 1 saturated heterocycles. The molecule has 0 radical (unpaired) electrons. The number of carbonyl (C=O) groups is 1. The number of furan rings is 1. The lowest BCUT2D eigenvalue weighted by molar-refractivity contribution is -0.135. The third-order valence-corrected chi connectivity index (χ3v) is 2.31. The minimum atomic E-state index is -1.06. The second kappa shape index (κ2) is 4.04. The van der Waals surface area contributed by atoms with Gasteiger partial charge in [0.1, 0.15) is 11.9 Å². The first-order valence-corrected chi connectivity index (χ1v) is 4.69. The van der Waals surface area contributed by atoms with E-state index in [-0.39, 0.29) is 11.9 Å². The van der Waals surface area contributed by atoms with Crippen LogP contribution >= 0.6 is 0 Å². The number of carboxylic acids is 1. The van der Waals surface area contributed by atoms with Crippen molar-refractivity contribution >= 4 is 5.97 Å². The van der Waals surface area contributed by atoms with E-state index in [1.54, 1.807) is 6.92 Å². The van der Waals surface area contributed by atoms with Crippen molar-refractivity contribution in [2.75, 3.05) is 13.2 Å². The van der Waals surface area contributed by atoms with Crippen molar-refractivity contribution in [3.05, 3.63) is 23.2 Å². The topological polar surface area (TPSA) is 68.9 Å². The van der Waals surface area contributed by atoms with Crippen LogP contribution in [-0.2, 0) is 16.1 Å². The minimum absolute atomic E-state index is 0.0454. The van der Waals surface area contributed by atoms with E-state index in [0.29, 0.717) is 25.6 Å². The molecule has 0 saturated carbocycles.